The molecule has 4 rings (SSSR count). The van der Waals surface area contributed by atoms with Crippen LogP contribution in [0.15, 0.2) is 48.7 Å². The maximum Gasteiger partial charge on any atom is 0.270 e. The lowest BCUT2D eigenvalue weighted by atomic mass is 10.2. The number of fused-ring (bicyclic) bond motifs is 1. The van der Waals surface area contributed by atoms with E-state index in [0.717, 1.165) is 22.4 Å². The molecule has 2 amide bonds. The van der Waals surface area contributed by atoms with Crippen molar-refractivity contribution < 1.29 is 9.59 Å². The van der Waals surface area contributed by atoms with Gasteiger partial charge in [0.2, 0.25) is 5.91 Å². The quantitative estimate of drug-likeness (QED) is 0.742. The Bertz CT molecular complexity index is 1000. The summed E-state index contributed by atoms with van der Waals surface area (Å²) in [4.78, 5) is 38.4. The highest BCUT2D eigenvalue weighted by molar-refractivity contribution is 5.98. The Morgan fingerprint density at radius 1 is 1.10 bits per heavy atom. The third kappa shape index (κ3) is 3.68. The van der Waals surface area contributed by atoms with Crippen molar-refractivity contribution in [1.82, 2.24) is 14.9 Å². The number of anilines is 2. The molecule has 7 nitrogen and oxygen atoms in total. The van der Waals surface area contributed by atoms with Gasteiger partial charge in [-0.25, -0.2) is 4.98 Å². The van der Waals surface area contributed by atoms with Crippen molar-refractivity contribution in [2.24, 2.45) is 0 Å². The average Bonchev–Trinajstić information content (AvgIpc) is 3.18. The average molecular weight is 391 g/mol. The van der Waals surface area contributed by atoms with Gasteiger partial charge < -0.3 is 19.7 Å². The SMILES string of the molecule is CCN(C(C)=O)c1cccnc1N1CCN(C(=O)c2cc3ccccc3[nH]2)CC1. The first-order valence-electron chi connectivity index (χ1n) is 9.93. The van der Waals surface area contributed by atoms with Gasteiger partial charge in [-0.3, -0.25) is 9.59 Å². The third-order valence-electron chi connectivity index (χ3n) is 5.38. The van der Waals surface area contributed by atoms with Crippen LogP contribution in [-0.2, 0) is 4.79 Å². The molecule has 1 aliphatic rings. The minimum Gasteiger partial charge on any atom is -0.351 e. The Balaban J connectivity index is 1.48. The molecule has 1 saturated heterocycles. The molecule has 1 fully saturated rings. The van der Waals surface area contributed by atoms with E-state index >= 15 is 0 Å². The molecule has 0 bridgehead atoms. The molecule has 150 valence electrons. The Morgan fingerprint density at radius 3 is 2.55 bits per heavy atom. The molecule has 29 heavy (non-hydrogen) atoms. The number of hydrogen-bond acceptors (Lipinski definition) is 4. The van der Waals surface area contributed by atoms with Gasteiger partial charge in [0.05, 0.1) is 5.69 Å². The monoisotopic (exact) mass is 391 g/mol. The lowest BCUT2D eigenvalue weighted by Crippen LogP contribution is -2.49. The van der Waals surface area contributed by atoms with E-state index in [1.54, 1.807) is 18.0 Å². The molecule has 2 aromatic heterocycles. The fraction of sp³-hybridized carbons (Fsp3) is 0.318. The van der Waals surface area contributed by atoms with Crippen molar-refractivity contribution in [3.05, 3.63) is 54.4 Å². The number of nitrogens with zero attached hydrogens (tertiary/aromatic N) is 4. The van der Waals surface area contributed by atoms with Crippen molar-refractivity contribution in [2.75, 3.05) is 42.5 Å². The topological polar surface area (TPSA) is 72.5 Å². The number of pyridine rings is 1. The van der Waals surface area contributed by atoms with Gasteiger partial charge >= 0.3 is 0 Å². The van der Waals surface area contributed by atoms with Crippen LogP contribution in [0.2, 0.25) is 0 Å². The van der Waals surface area contributed by atoms with Gasteiger partial charge in [-0.1, -0.05) is 18.2 Å². The largest absolute Gasteiger partial charge is 0.351 e. The molecule has 3 aromatic rings. The Morgan fingerprint density at radius 2 is 1.86 bits per heavy atom. The minimum atomic E-state index is -0.00521. The van der Waals surface area contributed by atoms with Crippen molar-refractivity contribution in [2.45, 2.75) is 13.8 Å². The van der Waals surface area contributed by atoms with Gasteiger partial charge in [-0.05, 0) is 31.2 Å². The molecule has 0 aliphatic carbocycles. The van der Waals surface area contributed by atoms with Crippen LogP contribution in [0.3, 0.4) is 0 Å². The fourth-order valence-corrected chi connectivity index (χ4v) is 3.89. The molecular formula is C22H25N5O2. The van der Waals surface area contributed by atoms with Gasteiger partial charge in [-0.15, -0.1) is 0 Å². The summed E-state index contributed by atoms with van der Waals surface area (Å²) < 4.78 is 0. The second-order valence-corrected chi connectivity index (χ2v) is 7.16. The van der Waals surface area contributed by atoms with Crippen LogP contribution in [0.5, 0.6) is 0 Å². The van der Waals surface area contributed by atoms with E-state index < -0.39 is 0 Å². The molecule has 3 heterocycles. The number of aromatic amines is 1. The Labute approximate surface area is 169 Å². The standard InChI is InChI=1S/C22H25N5O2/c1-3-27(16(2)28)20-9-6-10-23-21(20)25-11-13-26(14-12-25)22(29)19-15-17-7-4-5-8-18(17)24-19/h4-10,15,24H,3,11-14H2,1-2H3. The maximum absolute atomic E-state index is 12.9. The summed E-state index contributed by atoms with van der Waals surface area (Å²) in [5.74, 6) is 0.803. The molecule has 1 aromatic carbocycles. The van der Waals surface area contributed by atoms with Crippen molar-refractivity contribution >= 4 is 34.2 Å². The normalized spacial score (nSPS) is 14.3. The first kappa shape index (κ1) is 19.0. The zero-order valence-corrected chi connectivity index (χ0v) is 16.8. The summed E-state index contributed by atoms with van der Waals surface area (Å²) in [6.07, 6.45) is 1.74. The number of H-pyrrole nitrogens is 1. The summed E-state index contributed by atoms with van der Waals surface area (Å²) in [7, 11) is 0. The molecule has 1 N–H and O–H groups in total. The lowest BCUT2D eigenvalue weighted by molar-refractivity contribution is -0.116. The molecule has 0 saturated carbocycles. The number of benzene rings is 1. The second-order valence-electron chi connectivity index (χ2n) is 7.16. The summed E-state index contributed by atoms with van der Waals surface area (Å²) >= 11 is 0. The van der Waals surface area contributed by atoms with E-state index in [2.05, 4.69) is 14.9 Å². The second kappa shape index (κ2) is 7.95. The number of amides is 2. The molecule has 7 heteroatoms. The van der Waals surface area contributed by atoms with E-state index in [1.165, 1.54) is 0 Å². The number of carbonyl (C=O) groups excluding carboxylic acids is 2. The highest BCUT2D eigenvalue weighted by Gasteiger charge is 2.26. The van der Waals surface area contributed by atoms with Gasteiger partial charge in [0.25, 0.3) is 5.91 Å². The number of nitrogens with one attached hydrogen (secondary N) is 1. The van der Waals surface area contributed by atoms with Gasteiger partial charge in [0.15, 0.2) is 5.82 Å². The van der Waals surface area contributed by atoms with Crippen LogP contribution >= 0.6 is 0 Å². The van der Waals surface area contributed by atoms with E-state index in [-0.39, 0.29) is 11.8 Å². The predicted octanol–water partition coefficient (Wildman–Crippen LogP) is 2.90. The number of hydrogen-bond donors (Lipinski definition) is 1. The molecule has 0 radical (unpaired) electrons. The minimum absolute atomic E-state index is 0.00521. The van der Waals surface area contributed by atoms with Gasteiger partial charge in [0, 0.05) is 56.7 Å². The zero-order valence-electron chi connectivity index (χ0n) is 16.8. The predicted molar refractivity (Wildman–Crippen MR) is 114 cm³/mol. The van der Waals surface area contributed by atoms with Crippen molar-refractivity contribution in [1.29, 1.82) is 0 Å². The Kier molecular flexibility index (Phi) is 5.20. The first-order valence-corrected chi connectivity index (χ1v) is 9.93. The number of aromatic nitrogens is 2. The maximum atomic E-state index is 12.9. The summed E-state index contributed by atoms with van der Waals surface area (Å²) in [6, 6.07) is 13.6. The van der Waals surface area contributed by atoms with E-state index in [0.29, 0.717) is 38.4 Å². The van der Waals surface area contributed by atoms with Gasteiger partial charge in [-0.2, -0.15) is 0 Å². The number of para-hydroxylation sites is 1. The smallest absolute Gasteiger partial charge is 0.270 e. The van der Waals surface area contributed by atoms with Crippen LogP contribution in [0.1, 0.15) is 24.3 Å². The number of rotatable bonds is 4. The first-order chi connectivity index (χ1) is 14.1. The molecule has 0 unspecified atom stereocenters. The van der Waals surface area contributed by atoms with E-state index in [4.69, 9.17) is 0 Å². The lowest BCUT2D eigenvalue weighted by Gasteiger charge is -2.37. The van der Waals surface area contributed by atoms with E-state index in [9.17, 15) is 9.59 Å². The fourth-order valence-electron chi connectivity index (χ4n) is 3.89. The molecular weight excluding hydrogens is 366 g/mol. The van der Waals surface area contributed by atoms with Crippen LogP contribution in [0.4, 0.5) is 11.5 Å². The molecule has 0 atom stereocenters. The van der Waals surface area contributed by atoms with Crippen LogP contribution in [0, 0.1) is 0 Å². The van der Waals surface area contributed by atoms with Crippen molar-refractivity contribution in [3.63, 3.8) is 0 Å². The summed E-state index contributed by atoms with van der Waals surface area (Å²) in [5, 5.41) is 1.04. The van der Waals surface area contributed by atoms with Crippen LogP contribution in [-0.4, -0.2) is 59.4 Å². The number of carbonyl (C=O) groups is 2. The van der Waals surface area contributed by atoms with Crippen LogP contribution < -0.4 is 9.80 Å². The highest BCUT2D eigenvalue weighted by atomic mass is 16.2. The van der Waals surface area contributed by atoms with Crippen molar-refractivity contribution in [3.8, 4) is 0 Å². The molecule has 1 aliphatic heterocycles. The number of piperazine rings is 1. The summed E-state index contributed by atoms with van der Waals surface area (Å²) in [5.41, 5.74) is 2.40. The highest BCUT2D eigenvalue weighted by Crippen LogP contribution is 2.28. The van der Waals surface area contributed by atoms with Gasteiger partial charge in [0.1, 0.15) is 5.69 Å². The van der Waals surface area contributed by atoms with E-state index in [1.807, 2.05) is 54.3 Å². The zero-order chi connectivity index (χ0) is 20.4. The van der Waals surface area contributed by atoms with Crippen LogP contribution in [0.25, 0.3) is 10.9 Å². The molecule has 0 spiro atoms. The summed E-state index contributed by atoms with van der Waals surface area (Å²) in [6.45, 7) is 6.67. The Hall–Kier alpha value is -3.35. The third-order valence-corrected chi connectivity index (χ3v) is 5.38.